The van der Waals surface area contributed by atoms with E-state index < -0.39 is 11.7 Å². The Kier molecular flexibility index (Phi) is 6.79. The Morgan fingerprint density at radius 3 is 2.62 bits per heavy atom. The zero-order valence-corrected chi connectivity index (χ0v) is 21.2. The quantitative estimate of drug-likeness (QED) is 0.474. The number of aromatic nitrogens is 5. The molecule has 4 rings (SSSR count). The predicted octanol–water partition coefficient (Wildman–Crippen LogP) is 4.77. The first-order valence-corrected chi connectivity index (χ1v) is 12.1. The number of aryl methyl sites for hydroxylation is 3. The molecule has 0 spiro atoms. The van der Waals surface area contributed by atoms with E-state index in [2.05, 4.69) is 37.3 Å². The van der Waals surface area contributed by atoms with Crippen LogP contribution in [0.2, 0.25) is 0 Å². The van der Waals surface area contributed by atoms with Gasteiger partial charge in [0, 0.05) is 29.8 Å². The van der Waals surface area contributed by atoms with E-state index >= 15 is 0 Å². The Morgan fingerprint density at radius 2 is 1.97 bits per heavy atom. The molecule has 0 unspecified atom stereocenters. The van der Waals surface area contributed by atoms with E-state index in [0.29, 0.717) is 41.0 Å². The third-order valence-corrected chi connectivity index (χ3v) is 6.06. The Hall–Kier alpha value is -3.14. The lowest BCUT2D eigenvalue weighted by Gasteiger charge is -2.26. The van der Waals surface area contributed by atoms with Crippen LogP contribution in [0, 0.1) is 26.7 Å². The lowest BCUT2D eigenvalue weighted by atomic mass is 10.2. The lowest BCUT2D eigenvalue weighted by molar-refractivity contribution is 0.0576. The molecule has 34 heavy (non-hydrogen) atoms. The van der Waals surface area contributed by atoms with Crippen molar-refractivity contribution < 1.29 is 14.3 Å². The minimum absolute atomic E-state index is 0.195. The van der Waals surface area contributed by atoms with Crippen LogP contribution < -0.4 is 9.64 Å². The number of carbonyl (C=O) groups is 1. The fourth-order valence-electron chi connectivity index (χ4n) is 3.52. The van der Waals surface area contributed by atoms with Crippen molar-refractivity contribution in [2.75, 3.05) is 11.5 Å². The van der Waals surface area contributed by atoms with Crippen molar-refractivity contribution >= 4 is 23.2 Å². The predicted molar refractivity (Wildman–Crippen MR) is 129 cm³/mol. The van der Waals surface area contributed by atoms with Crippen LogP contribution in [0.3, 0.4) is 0 Å². The van der Waals surface area contributed by atoms with Gasteiger partial charge >= 0.3 is 6.09 Å². The summed E-state index contributed by atoms with van der Waals surface area (Å²) in [4.78, 5) is 27.9. The molecule has 0 saturated heterocycles. The van der Waals surface area contributed by atoms with Gasteiger partial charge in [0.25, 0.3) is 0 Å². The van der Waals surface area contributed by atoms with Gasteiger partial charge in [0.2, 0.25) is 5.88 Å². The molecule has 0 aromatic carbocycles. The Morgan fingerprint density at radius 1 is 1.18 bits per heavy atom. The maximum Gasteiger partial charge on any atom is 0.416 e. The largest absolute Gasteiger partial charge is 0.477 e. The van der Waals surface area contributed by atoms with Crippen molar-refractivity contribution in [3.05, 3.63) is 51.5 Å². The van der Waals surface area contributed by atoms with Crippen LogP contribution in [0.5, 0.6) is 5.88 Å². The molecule has 0 aliphatic heterocycles. The summed E-state index contributed by atoms with van der Waals surface area (Å²) in [6.07, 6.45) is 2.42. The smallest absolute Gasteiger partial charge is 0.416 e. The highest BCUT2D eigenvalue weighted by Gasteiger charge is 2.40. The van der Waals surface area contributed by atoms with Crippen LogP contribution >= 0.6 is 11.3 Å². The number of hydrogen-bond acceptors (Lipinski definition) is 9. The second-order valence-corrected chi connectivity index (χ2v) is 10.8. The van der Waals surface area contributed by atoms with Crippen LogP contribution in [0.1, 0.15) is 60.2 Å². The Labute approximate surface area is 203 Å². The highest BCUT2D eigenvalue weighted by molar-refractivity contribution is 7.11. The summed E-state index contributed by atoms with van der Waals surface area (Å²) in [5.74, 6) is 2.12. The molecule has 1 saturated carbocycles. The average Bonchev–Trinajstić information content (AvgIpc) is 3.41. The van der Waals surface area contributed by atoms with Gasteiger partial charge in [-0.05, 0) is 59.6 Å². The minimum Gasteiger partial charge on any atom is -0.477 e. The molecule has 180 valence electrons. The van der Waals surface area contributed by atoms with Gasteiger partial charge in [-0.3, -0.25) is 9.88 Å². The zero-order valence-electron chi connectivity index (χ0n) is 20.4. The average molecular weight is 483 g/mol. The number of ether oxygens (including phenoxy) is 2. The third-order valence-electron chi connectivity index (χ3n) is 5.23. The minimum atomic E-state index is -0.654. The molecule has 2 atom stereocenters. The Balaban J connectivity index is 1.49. The van der Waals surface area contributed by atoms with Crippen LogP contribution in [-0.4, -0.2) is 43.5 Å². The zero-order chi connectivity index (χ0) is 24.5. The van der Waals surface area contributed by atoms with Crippen molar-refractivity contribution in [1.82, 2.24) is 25.1 Å². The Bertz CT molecular complexity index is 1160. The summed E-state index contributed by atoms with van der Waals surface area (Å²) in [5, 5.41) is 9.72. The normalized spacial score (nSPS) is 17.4. The summed E-state index contributed by atoms with van der Waals surface area (Å²) < 4.78 is 11.7. The second kappa shape index (κ2) is 9.61. The summed E-state index contributed by atoms with van der Waals surface area (Å²) in [5.41, 5.74) is 1.60. The third kappa shape index (κ3) is 6.25. The first kappa shape index (κ1) is 24.0. The molecule has 0 bridgehead atoms. The van der Waals surface area contributed by atoms with Crippen molar-refractivity contribution in [3.8, 4) is 5.88 Å². The fourth-order valence-corrected chi connectivity index (χ4v) is 4.21. The number of nitrogens with zero attached hydrogens (tertiary/aromatic N) is 6. The van der Waals surface area contributed by atoms with E-state index in [4.69, 9.17) is 9.47 Å². The van der Waals surface area contributed by atoms with E-state index in [-0.39, 0.29) is 6.54 Å². The van der Waals surface area contributed by atoms with Gasteiger partial charge in [0.15, 0.2) is 0 Å². The molecule has 10 heteroatoms. The van der Waals surface area contributed by atoms with Crippen molar-refractivity contribution in [2.24, 2.45) is 5.92 Å². The van der Waals surface area contributed by atoms with Gasteiger partial charge < -0.3 is 9.47 Å². The van der Waals surface area contributed by atoms with Gasteiger partial charge in [-0.25, -0.2) is 9.78 Å². The van der Waals surface area contributed by atoms with Gasteiger partial charge in [-0.2, -0.15) is 4.98 Å². The van der Waals surface area contributed by atoms with Crippen LogP contribution in [0.25, 0.3) is 0 Å². The number of hydrogen-bond donors (Lipinski definition) is 0. The van der Waals surface area contributed by atoms with Gasteiger partial charge in [0.05, 0.1) is 13.2 Å². The summed E-state index contributed by atoms with van der Waals surface area (Å²) in [6.45, 7) is 11.9. The van der Waals surface area contributed by atoms with Crippen LogP contribution in [0.15, 0.2) is 24.4 Å². The number of carbonyl (C=O) groups excluding carboxylic acids is 1. The maximum atomic E-state index is 13.0. The number of pyridine rings is 1. The van der Waals surface area contributed by atoms with E-state index in [1.165, 1.54) is 16.2 Å². The van der Waals surface area contributed by atoms with E-state index in [0.717, 1.165) is 22.7 Å². The fraction of sp³-hybridized carbons (Fsp3) is 0.500. The summed E-state index contributed by atoms with van der Waals surface area (Å²) >= 11 is 1.42. The molecule has 3 heterocycles. The highest BCUT2D eigenvalue weighted by atomic mass is 32.1. The second-order valence-electron chi connectivity index (χ2n) is 9.57. The van der Waals surface area contributed by atoms with Crippen LogP contribution in [0.4, 0.5) is 10.6 Å². The molecular weight excluding hydrogens is 452 g/mol. The van der Waals surface area contributed by atoms with E-state index in [1.807, 2.05) is 40.8 Å². The number of rotatable bonds is 7. The van der Waals surface area contributed by atoms with Gasteiger partial charge in [-0.15, -0.1) is 10.2 Å². The molecular formula is C24H30N6O3S. The summed E-state index contributed by atoms with van der Waals surface area (Å²) in [7, 11) is 0. The first-order valence-electron chi connectivity index (χ1n) is 11.3. The molecule has 1 aliphatic carbocycles. The highest BCUT2D eigenvalue weighted by Crippen LogP contribution is 2.46. The molecule has 0 radical (unpaired) electrons. The molecule has 3 aromatic heterocycles. The SMILES string of the molecule is Cc1ccc([C@H]2C[C@@H]2COc2cc(N(Cc3nnc(C)s3)C(=O)OC(C)(C)C)nc(C)n2)nc1. The number of amides is 1. The van der Waals surface area contributed by atoms with E-state index in [1.54, 1.807) is 13.0 Å². The first-order chi connectivity index (χ1) is 16.1. The van der Waals surface area contributed by atoms with Crippen LogP contribution in [-0.2, 0) is 11.3 Å². The molecule has 1 aliphatic rings. The van der Waals surface area contributed by atoms with E-state index in [9.17, 15) is 4.79 Å². The summed E-state index contributed by atoms with van der Waals surface area (Å²) in [6, 6.07) is 5.84. The number of anilines is 1. The van der Waals surface area contributed by atoms with Crippen molar-refractivity contribution in [1.29, 1.82) is 0 Å². The molecule has 1 fully saturated rings. The molecule has 0 N–H and O–H groups in total. The van der Waals surface area contributed by atoms with Crippen molar-refractivity contribution in [3.63, 3.8) is 0 Å². The molecule has 9 nitrogen and oxygen atoms in total. The van der Waals surface area contributed by atoms with Gasteiger partial charge in [0.1, 0.15) is 27.3 Å². The van der Waals surface area contributed by atoms with Crippen molar-refractivity contribution in [2.45, 2.75) is 66.0 Å². The monoisotopic (exact) mass is 482 g/mol. The molecule has 1 amide bonds. The van der Waals surface area contributed by atoms with Gasteiger partial charge in [-0.1, -0.05) is 17.4 Å². The molecule has 3 aromatic rings. The topological polar surface area (TPSA) is 103 Å². The maximum absolute atomic E-state index is 13.0. The standard InChI is InChI=1S/C24H30N6O3S/c1-14-7-8-19(25-11-14)18-9-17(18)13-32-21-10-20(26-15(2)27-21)30(23(31)33-24(4,5)6)12-22-29-28-16(3)34-22/h7-8,10-11,17-18H,9,12-13H2,1-6H3/t17-,18+/m1/s1. The lowest BCUT2D eigenvalue weighted by Crippen LogP contribution is -2.37.